The van der Waals surface area contributed by atoms with Crippen LogP contribution < -0.4 is 9.47 Å². The van der Waals surface area contributed by atoms with Gasteiger partial charge in [0.1, 0.15) is 13.2 Å². The second-order valence-electron chi connectivity index (χ2n) is 8.33. The lowest BCUT2D eigenvalue weighted by molar-refractivity contribution is -0.133. The summed E-state index contributed by atoms with van der Waals surface area (Å²) < 4.78 is 11.4. The van der Waals surface area contributed by atoms with Gasteiger partial charge >= 0.3 is 0 Å². The largest absolute Gasteiger partial charge is 0.486 e. The van der Waals surface area contributed by atoms with Gasteiger partial charge in [-0.3, -0.25) is 14.6 Å². The van der Waals surface area contributed by atoms with Crippen LogP contribution in [0.2, 0.25) is 0 Å². The van der Waals surface area contributed by atoms with Crippen molar-refractivity contribution >= 4 is 17.2 Å². The molecule has 0 bridgehead atoms. The van der Waals surface area contributed by atoms with Crippen LogP contribution in [0.3, 0.4) is 0 Å². The number of amides is 1. The van der Waals surface area contributed by atoms with E-state index in [1.165, 1.54) is 5.56 Å². The summed E-state index contributed by atoms with van der Waals surface area (Å²) in [5.41, 5.74) is 2.55. The summed E-state index contributed by atoms with van der Waals surface area (Å²) >= 11 is 1.75. The fourth-order valence-electron chi connectivity index (χ4n) is 4.71. The van der Waals surface area contributed by atoms with Gasteiger partial charge in [-0.05, 0) is 52.9 Å². The van der Waals surface area contributed by atoms with Gasteiger partial charge < -0.3 is 14.4 Å². The van der Waals surface area contributed by atoms with E-state index in [-0.39, 0.29) is 11.9 Å². The van der Waals surface area contributed by atoms with E-state index in [0.29, 0.717) is 19.8 Å². The number of hydrogen-bond acceptors (Lipinski definition) is 6. The Morgan fingerprint density at radius 2 is 1.80 bits per heavy atom. The summed E-state index contributed by atoms with van der Waals surface area (Å²) in [6, 6.07) is 8.48. The van der Waals surface area contributed by atoms with Crippen LogP contribution in [0, 0.1) is 0 Å². The first-order valence-electron chi connectivity index (χ1n) is 10.9. The Hall–Kier alpha value is -2.09. The number of rotatable bonds is 5. The summed E-state index contributed by atoms with van der Waals surface area (Å²) in [6.45, 7) is 7.52. The van der Waals surface area contributed by atoms with E-state index >= 15 is 0 Å². The molecule has 1 aromatic carbocycles. The van der Waals surface area contributed by atoms with Crippen LogP contribution in [0.4, 0.5) is 0 Å². The predicted molar refractivity (Wildman–Crippen MR) is 117 cm³/mol. The van der Waals surface area contributed by atoms with Gasteiger partial charge in [-0.2, -0.15) is 11.3 Å². The average molecular weight is 428 g/mol. The minimum absolute atomic E-state index is 0.146. The molecular formula is C23H29N3O3S. The third kappa shape index (κ3) is 4.33. The molecule has 0 spiro atoms. The lowest BCUT2D eigenvalue weighted by Crippen LogP contribution is -2.49. The molecular weight excluding hydrogens is 398 g/mol. The van der Waals surface area contributed by atoms with E-state index in [0.717, 1.165) is 69.2 Å². The molecule has 1 aromatic heterocycles. The van der Waals surface area contributed by atoms with E-state index in [2.05, 4.69) is 43.7 Å². The third-order valence-electron chi connectivity index (χ3n) is 6.33. The van der Waals surface area contributed by atoms with Crippen LogP contribution in [0.15, 0.2) is 35.0 Å². The number of likely N-dealkylation sites (tertiary alicyclic amines) is 1. The number of carbonyl (C=O) groups is 1. The molecule has 5 rings (SSSR count). The summed E-state index contributed by atoms with van der Waals surface area (Å²) in [6.07, 6.45) is 2.07. The predicted octanol–water partition coefficient (Wildman–Crippen LogP) is 3.00. The Labute approximate surface area is 182 Å². The zero-order chi connectivity index (χ0) is 20.3. The molecule has 0 N–H and O–H groups in total. The minimum atomic E-state index is 0.146. The molecule has 160 valence electrons. The van der Waals surface area contributed by atoms with Crippen molar-refractivity contribution in [3.05, 3.63) is 46.2 Å². The fraction of sp³-hybridized carbons (Fsp3) is 0.522. The fourth-order valence-corrected chi connectivity index (χ4v) is 5.37. The third-order valence-corrected chi connectivity index (χ3v) is 7.07. The highest BCUT2D eigenvalue weighted by Gasteiger charge is 2.32. The molecule has 30 heavy (non-hydrogen) atoms. The average Bonchev–Trinajstić information content (AvgIpc) is 3.47. The highest BCUT2D eigenvalue weighted by Crippen LogP contribution is 2.38. The molecule has 2 aromatic rings. The lowest BCUT2D eigenvalue weighted by atomic mass is 10.0. The van der Waals surface area contributed by atoms with Crippen molar-refractivity contribution in [2.75, 3.05) is 52.5 Å². The van der Waals surface area contributed by atoms with Crippen LogP contribution in [-0.4, -0.2) is 73.1 Å². The van der Waals surface area contributed by atoms with Gasteiger partial charge in [-0.1, -0.05) is 6.07 Å². The van der Waals surface area contributed by atoms with Crippen molar-refractivity contribution in [1.29, 1.82) is 0 Å². The van der Waals surface area contributed by atoms with E-state index in [1.807, 2.05) is 6.07 Å². The summed E-state index contributed by atoms with van der Waals surface area (Å²) in [5, 5.41) is 4.36. The van der Waals surface area contributed by atoms with Crippen LogP contribution in [0.5, 0.6) is 11.5 Å². The van der Waals surface area contributed by atoms with Crippen molar-refractivity contribution in [2.45, 2.75) is 25.4 Å². The standard InChI is InChI=1S/C23H29N3O3S/c27-23(16-25-9-7-24(8-10-25)15-18-5-13-30-17-18)26-6-1-2-20(26)19-3-4-21-22(14-19)29-12-11-28-21/h3-5,13-14,17,20H,1-2,6-12,15-16H2/t20-/m0/s1. The summed E-state index contributed by atoms with van der Waals surface area (Å²) in [5.74, 6) is 1.86. The lowest BCUT2D eigenvalue weighted by Gasteiger charge is -2.35. The smallest absolute Gasteiger partial charge is 0.237 e. The van der Waals surface area contributed by atoms with Crippen molar-refractivity contribution in [3.8, 4) is 11.5 Å². The van der Waals surface area contributed by atoms with Gasteiger partial charge in [0, 0.05) is 39.3 Å². The van der Waals surface area contributed by atoms with Crippen molar-refractivity contribution in [2.24, 2.45) is 0 Å². The normalized spacial score (nSPS) is 22.4. The second-order valence-corrected chi connectivity index (χ2v) is 9.11. The summed E-state index contributed by atoms with van der Waals surface area (Å²) in [7, 11) is 0. The first-order chi connectivity index (χ1) is 14.8. The van der Waals surface area contributed by atoms with Crippen molar-refractivity contribution in [3.63, 3.8) is 0 Å². The number of thiophene rings is 1. The highest BCUT2D eigenvalue weighted by atomic mass is 32.1. The number of ether oxygens (including phenoxy) is 2. The van der Waals surface area contributed by atoms with E-state index < -0.39 is 0 Å². The number of carbonyl (C=O) groups excluding carboxylic acids is 1. The Bertz CT molecular complexity index is 865. The van der Waals surface area contributed by atoms with Crippen LogP contribution in [0.25, 0.3) is 0 Å². The Balaban J connectivity index is 1.17. The number of fused-ring (bicyclic) bond motifs is 1. The van der Waals surface area contributed by atoms with Gasteiger partial charge in [-0.15, -0.1) is 0 Å². The quantitative estimate of drug-likeness (QED) is 0.734. The number of benzene rings is 1. The van der Waals surface area contributed by atoms with Crippen molar-refractivity contribution in [1.82, 2.24) is 14.7 Å². The maximum Gasteiger partial charge on any atom is 0.237 e. The molecule has 2 saturated heterocycles. The molecule has 0 radical (unpaired) electrons. The van der Waals surface area contributed by atoms with Crippen LogP contribution >= 0.6 is 11.3 Å². The summed E-state index contributed by atoms with van der Waals surface area (Å²) in [4.78, 5) is 20.0. The number of nitrogens with zero attached hydrogens (tertiary/aromatic N) is 3. The van der Waals surface area contributed by atoms with Gasteiger partial charge in [0.15, 0.2) is 11.5 Å². The molecule has 7 heteroatoms. The molecule has 0 unspecified atom stereocenters. The molecule has 0 saturated carbocycles. The maximum absolute atomic E-state index is 13.1. The molecule has 3 aliphatic heterocycles. The van der Waals surface area contributed by atoms with Gasteiger partial charge in [0.2, 0.25) is 5.91 Å². The van der Waals surface area contributed by atoms with E-state index in [1.54, 1.807) is 11.3 Å². The number of hydrogen-bond donors (Lipinski definition) is 0. The Morgan fingerprint density at radius 1 is 1.00 bits per heavy atom. The number of piperazine rings is 1. The maximum atomic E-state index is 13.1. The topological polar surface area (TPSA) is 45.3 Å². The van der Waals surface area contributed by atoms with E-state index in [9.17, 15) is 4.79 Å². The molecule has 6 nitrogen and oxygen atoms in total. The molecule has 2 fully saturated rings. The zero-order valence-corrected chi connectivity index (χ0v) is 18.1. The highest BCUT2D eigenvalue weighted by molar-refractivity contribution is 7.07. The van der Waals surface area contributed by atoms with Gasteiger partial charge in [0.25, 0.3) is 0 Å². The Kier molecular flexibility index (Phi) is 5.93. The monoisotopic (exact) mass is 427 g/mol. The molecule has 3 aliphatic rings. The Morgan fingerprint density at radius 3 is 2.60 bits per heavy atom. The molecule has 1 amide bonds. The van der Waals surface area contributed by atoms with E-state index in [4.69, 9.17) is 9.47 Å². The molecule has 0 aliphatic carbocycles. The zero-order valence-electron chi connectivity index (χ0n) is 17.3. The minimum Gasteiger partial charge on any atom is -0.486 e. The first-order valence-corrected chi connectivity index (χ1v) is 11.9. The SMILES string of the molecule is O=C(CN1CCN(Cc2ccsc2)CC1)N1CCC[C@H]1c1ccc2c(c1)OCCO2. The molecule has 4 heterocycles. The van der Waals surface area contributed by atoms with Gasteiger partial charge in [0.05, 0.1) is 12.6 Å². The molecule has 1 atom stereocenters. The second kappa shape index (κ2) is 8.96. The van der Waals surface area contributed by atoms with Crippen LogP contribution in [0.1, 0.15) is 30.0 Å². The van der Waals surface area contributed by atoms with Gasteiger partial charge in [-0.25, -0.2) is 0 Å². The first kappa shape index (κ1) is 19.8. The van der Waals surface area contributed by atoms with Crippen molar-refractivity contribution < 1.29 is 14.3 Å². The van der Waals surface area contributed by atoms with Crippen LogP contribution in [-0.2, 0) is 11.3 Å².